The van der Waals surface area contributed by atoms with Crippen molar-refractivity contribution in [3.8, 4) is 0 Å². The number of halogens is 1. The summed E-state index contributed by atoms with van der Waals surface area (Å²) in [6, 6.07) is 4.22. The van der Waals surface area contributed by atoms with E-state index in [9.17, 15) is 8.42 Å². The highest BCUT2D eigenvalue weighted by atomic mass is 35.5. The minimum Gasteiger partial charge on any atom is -0.399 e. The molecule has 20 heavy (non-hydrogen) atoms. The van der Waals surface area contributed by atoms with Crippen LogP contribution in [0.2, 0.25) is 5.02 Å². The predicted octanol–water partition coefficient (Wildman–Crippen LogP) is 2.16. The molecule has 1 aromatic rings. The summed E-state index contributed by atoms with van der Waals surface area (Å²) in [6.45, 7) is 4.43. The SMILES string of the molecule is CC1(C)CC(NS(=O)(=O)c2ccc(N)cc2Cl)CCO1. The van der Waals surface area contributed by atoms with Crippen molar-refractivity contribution in [2.24, 2.45) is 0 Å². The van der Waals surface area contributed by atoms with Gasteiger partial charge in [-0.25, -0.2) is 13.1 Å². The summed E-state index contributed by atoms with van der Waals surface area (Å²) in [5.74, 6) is 0. The third-order valence-corrected chi connectivity index (χ3v) is 5.27. The quantitative estimate of drug-likeness (QED) is 0.837. The Bertz CT molecular complexity index is 602. The van der Waals surface area contributed by atoms with E-state index in [1.165, 1.54) is 18.2 Å². The van der Waals surface area contributed by atoms with Crippen LogP contribution in [0.15, 0.2) is 23.1 Å². The van der Waals surface area contributed by atoms with Gasteiger partial charge in [0.1, 0.15) is 4.90 Å². The molecule has 1 heterocycles. The minimum atomic E-state index is -3.65. The van der Waals surface area contributed by atoms with Crippen LogP contribution < -0.4 is 10.5 Å². The van der Waals surface area contributed by atoms with Crippen LogP contribution in [0.3, 0.4) is 0 Å². The second kappa shape index (κ2) is 5.52. The van der Waals surface area contributed by atoms with Gasteiger partial charge < -0.3 is 10.5 Å². The van der Waals surface area contributed by atoms with Crippen LogP contribution in [0.5, 0.6) is 0 Å². The van der Waals surface area contributed by atoms with Gasteiger partial charge in [-0.15, -0.1) is 0 Å². The number of sulfonamides is 1. The number of anilines is 1. The zero-order chi connectivity index (χ0) is 15.0. The fourth-order valence-corrected chi connectivity index (χ4v) is 4.17. The number of ether oxygens (including phenoxy) is 1. The van der Waals surface area contributed by atoms with Gasteiger partial charge in [0.05, 0.1) is 10.6 Å². The Hall–Kier alpha value is -0.820. The van der Waals surface area contributed by atoms with Crippen molar-refractivity contribution < 1.29 is 13.2 Å². The van der Waals surface area contributed by atoms with Gasteiger partial charge in [-0.2, -0.15) is 0 Å². The molecule has 0 aromatic heterocycles. The molecular formula is C13H19ClN2O3S. The molecule has 0 aliphatic carbocycles. The number of hydrogen-bond acceptors (Lipinski definition) is 4. The van der Waals surface area contributed by atoms with E-state index in [1.54, 1.807) is 0 Å². The van der Waals surface area contributed by atoms with Gasteiger partial charge in [0.25, 0.3) is 0 Å². The lowest BCUT2D eigenvalue weighted by atomic mass is 9.95. The third-order valence-electron chi connectivity index (χ3n) is 3.26. The molecule has 2 rings (SSSR count). The molecule has 0 amide bonds. The molecule has 7 heteroatoms. The van der Waals surface area contributed by atoms with Crippen LogP contribution in [0.1, 0.15) is 26.7 Å². The van der Waals surface area contributed by atoms with Gasteiger partial charge in [-0.05, 0) is 44.9 Å². The molecule has 0 spiro atoms. The van der Waals surface area contributed by atoms with Crippen LogP contribution in [-0.4, -0.2) is 26.7 Å². The fraction of sp³-hybridized carbons (Fsp3) is 0.538. The molecular weight excluding hydrogens is 300 g/mol. The number of nitrogens with two attached hydrogens (primary N) is 1. The smallest absolute Gasteiger partial charge is 0.242 e. The van der Waals surface area contributed by atoms with E-state index in [1.807, 2.05) is 13.8 Å². The fourth-order valence-electron chi connectivity index (χ4n) is 2.35. The lowest BCUT2D eigenvalue weighted by molar-refractivity contribution is -0.0599. The van der Waals surface area contributed by atoms with Crippen LogP contribution >= 0.6 is 11.6 Å². The molecule has 0 bridgehead atoms. The summed E-state index contributed by atoms with van der Waals surface area (Å²) in [7, 11) is -3.65. The van der Waals surface area contributed by atoms with Gasteiger partial charge in [-0.3, -0.25) is 0 Å². The molecule has 112 valence electrons. The number of hydrogen-bond donors (Lipinski definition) is 2. The van der Waals surface area contributed by atoms with Crippen LogP contribution in [0.25, 0.3) is 0 Å². The van der Waals surface area contributed by atoms with E-state index in [2.05, 4.69) is 4.72 Å². The first-order valence-corrected chi connectivity index (χ1v) is 8.27. The molecule has 3 N–H and O–H groups in total. The second-order valence-electron chi connectivity index (χ2n) is 5.61. The highest BCUT2D eigenvalue weighted by Gasteiger charge is 2.32. The molecule has 1 fully saturated rings. The minimum absolute atomic E-state index is 0.0534. The van der Waals surface area contributed by atoms with Crippen molar-refractivity contribution in [1.82, 2.24) is 4.72 Å². The van der Waals surface area contributed by atoms with E-state index in [0.29, 0.717) is 25.1 Å². The first kappa shape index (κ1) is 15.6. The summed E-state index contributed by atoms with van der Waals surface area (Å²) in [5, 5.41) is 0.129. The van der Waals surface area contributed by atoms with E-state index >= 15 is 0 Å². The standard InChI is InChI=1S/C13H19ClN2O3S/c1-13(2)8-10(5-6-19-13)16-20(17,18)12-4-3-9(15)7-11(12)14/h3-4,7,10,16H,5-6,8,15H2,1-2H3. The van der Waals surface area contributed by atoms with Gasteiger partial charge in [-0.1, -0.05) is 11.6 Å². The van der Waals surface area contributed by atoms with E-state index in [4.69, 9.17) is 22.1 Å². The molecule has 1 aliphatic rings. The summed E-state index contributed by atoms with van der Waals surface area (Å²) in [5.41, 5.74) is 5.68. The largest absolute Gasteiger partial charge is 0.399 e. The molecule has 0 saturated carbocycles. The maximum atomic E-state index is 12.4. The van der Waals surface area contributed by atoms with Crippen molar-refractivity contribution in [1.29, 1.82) is 0 Å². The Morgan fingerprint density at radius 3 is 2.75 bits per heavy atom. The second-order valence-corrected chi connectivity index (χ2v) is 7.70. The zero-order valence-corrected chi connectivity index (χ0v) is 13.1. The molecule has 1 aliphatic heterocycles. The van der Waals surface area contributed by atoms with E-state index < -0.39 is 10.0 Å². The predicted molar refractivity (Wildman–Crippen MR) is 79.2 cm³/mol. The average molecular weight is 319 g/mol. The van der Waals surface area contributed by atoms with Crippen LogP contribution in [-0.2, 0) is 14.8 Å². The molecule has 1 saturated heterocycles. The van der Waals surface area contributed by atoms with Crippen molar-refractivity contribution in [3.63, 3.8) is 0 Å². The number of benzene rings is 1. The first-order chi connectivity index (χ1) is 9.20. The van der Waals surface area contributed by atoms with Crippen molar-refractivity contribution >= 4 is 27.3 Å². The number of nitrogens with one attached hydrogen (secondary N) is 1. The summed E-state index contributed by atoms with van der Waals surface area (Å²) in [4.78, 5) is 0.0534. The van der Waals surface area contributed by atoms with Gasteiger partial charge >= 0.3 is 0 Å². The van der Waals surface area contributed by atoms with E-state index in [0.717, 1.165) is 0 Å². The maximum absolute atomic E-state index is 12.4. The number of rotatable bonds is 3. The molecule has 1 aromatic carbocycles. The normalized spacial score (nSPS) is 22.6. The highest BCUT2D eigenvalue weighted by molar-refractivity contribution is 7.89. The topological polar surface area (TPSA) is 81.4 Å². The Kier molecular flexibility index (Phi) is 4.30. The lowest BCUT2D eigenvalue weighted by Gasteiger charge is -2.35. The van der Waals surface area contributed by atoms with Gasteiger partial charge in [0.2, 0.25) is 10.0 Å². The summed E-state index contributed by atoms with van der Waals surface area (Å²) in [6.07, 6.45) is 1.27. The third kappa shape index (κ3) is 3.63. The van der Waals surface area contributed by atoms with Crippen molar-refractivity contribution in [2.75, 3.05) is 12.3 Å². The molecule has 1 atom stereocenters. The van der Waals surface area contributed by atoms with Crippen molar-refractivity contribution in [2.45, 2.75) is 43.2 Å². The van der Waals surface area contributed by atoms with E-state index in [-0.39, 0.29) is 21.6 Å². The Balaban J connectivity index is 2.19. The lowest BCUT2D eigenvalue weighted by Crippen LogP contribution is -2.45. The zero-order valence-electron chi connectivity index (χ0n) is 11.5. The maximum Gasteiger partial charge on any atom is 0.242 e. The Morgan fingerprint density at radius 2 is 2.15 bits per heavy atom. The van der Waals surface area contributed by atoms with Gasteiger partial charge in [0, 0.05) is 18.3 Å². The monoisotopic (exact) mass is 318 g/mol. The average Bonchev–Trinajstić information content (AvgIpc) is 2.25. The molecule has 1 unspecified atom stereocenters. The molecule has 5 nitrogen and oxygen atoms in total. The summed E-state index contributed by atoms with van der Waals surface area (Å²) < 4.78 is 33.0. The van der Waals surface area contributed by atoms with Crippen molar-refractivity contribution in [3.05, 3.63) is 23.2 Å². The highest BCUT2D eigenvalue weighted by Crippen LogP contribution is 2.27. The van der Waals surface area contributed by atoms with Crippen LogP contribution in [0, 0.1) is 0 Å². The van der Waals surface area contributed by atoms with Gasteiger partial charge in [0.15, 0.2) is 0 Å². The number of nitrogen functional groups attached to an aromatic ring is 1. The first-order valence-electron chi connectivity index (χ1n) is 6.41. The van der Waals surface area contributed by atoms with Crippen LogP contribution in [0.4, 0.5) is 5.69 Å². The molecule has 0 radical (unpaired) electrons. The Morgan fingerprint density at radius 1 is 1.45 bits per heavy atom. The summed E-state index contributed by atoms with van der Waals surface area (Å²) >= 11 is 5.96. The Labute approximate surface area is 124 Å².